The molecule has 0 unspecified atom stereocenters. The van der Waals surface area contributed by atoms with Crippen molar-refractivity contribution in [3.63, 3.8) is 0 Å². The quantitative estimate of drug-likeness (QED) is 0.594. The molecule has 0 spiro atoms. The lowest BCUT2D eigenvalue weighted by atomic mass is 10.0. The van der Waals surface area contributed by atoms with Gasteiger partial charge in [0.25, 0.3) is 0 Å². The van der Waals surface area contributed by atoms with Crippen LogP contribution in [0.2, 0.25) is 0 Å². The normalized spacial score (nSPS) is 11.0. The molecule has 1 aromatic carbocycles. The second kappa shape index (κ2) is 8.16. The number of carbonyl (C=O) groups excluding carboxylic acids is 1. The Kier molecular flexibility index (Phi) is 5.69. The van der Waals surface area contributed by atoms with E-state index in [1.54, 1.807) is 18.5 Å². The topological polar surface area (TPSA) is 78.6 Å². The SMILES string of the molecule is CCCc1c(C(=O)OCC)nnc2c(-c3ccc(OC)cc3)c(CC)nn12. The summed E-state index contributed by atoms with van der Waals surface area (Å²) in [5, 5.41) is 13.3. The zero-order chi connectivity index (χ0) is 19.4. The molecule has 27 heavy (non-hydrogen) atoms. The number of aryl methyl sites for hydroxylation is 2. The second-order valence-electron chi connectivity index (χ2n) is 6.10. The number of esters is 1. The van der Waals surface area contributed by atoms with Gasteiger partial charge in [-0.3, -0.25) is 0 Å². The molecule has 0 N–H and O–H groups in total. The maximum Gasteiger partial charge on any atom is 0.360 e. The number of nitrogens with zero attached hydrogens (tertiary/aromatic N) is 4. The van der Waals surface area contributed by atoms with Crippen LogP contribution in [0, 0.1) is 0 Å². The van der Waals surface area contributed by atoms with Gasteiger partial charge in [-0.15, -0.1) is 10.2 Å². The summed E-state index contributed by atoms with van der Waals surface area (Å²) in [5.41, 5.74) is 4.44. The number of benzene rings is 1. The first-order valence-electron chi connectivity index (χ1n) is 9.23. The van der Waals surface area contributed by atoms with E-state index in [4.69, 9.17) is 14.6 Å². The standard InChI is InChI=1S/C20H24N4O3/c1-5-8-16-18(20(25)27-7-3)21-22-19-17(15(6-2)23-24(16)19)13-9-11-14(26-4)12-10-13/h9-12H,5-8H2,1-4H3. The third-order valence-electron chi connectivity index (χ3n) is 4.38. The van der Waals surface area contributed by atoms with Gasteiger partial charge >= 0.3 is 5.97 Å². The van der Waals surface area contributed by atoms with Crippen LogP contribution in [0.4, 0.5) is 0 Å². The lowest BCUT2D eigenvalue weighted by Gasteiger charge is -2.09. The van der Waals surface area contributed by atoms with Crippen molar-refractivity contribution in [1.29, 1.82) is 0 Å². The molecule has 0 aliphatic heterocycles. The first-order chi connectivity index (χ1) is 13.1. The summed E-state index contributed by atoms with van der Waals surface area (Å²) >= 11 is 0. The number of hydrogen-bond donors (Lipinski definition) is 0. The van der Waals surface area contributed by atoms with Crippen molar-refractivity contribution < 1.29 is 14.3 Å². The monoisotopic (exact) mass is 368 g/mol. The fraction of sp³-hybridized carbons (Fsp3) is 0.400. The van der Waals surface area contributed by atoms with Gasteiger partial charge in [-0.05, 0) is 37.5 Å². The van der Waals surface area contributed by atoms with E-state index in [1.807, 2.05) is 31.2 Å². The molecule has 0 saturated heterocycles. The van der Waals surface area contributed by atoms with Crippen LogP contribution in [0.1, 0.15) is 49.1 Å². The van der Waals surface area contributed by atoms with Crippen molar-refractivity contribution in [3.8, 4) is 16.9 Å². The van der Waals surface area contributed by atoms with Gasteiger partial charge in [0, 0.05) is 0 Å². The van der Waals surface area contributed by atoms with Crippen LogP contribution in [0.15, 0.2) is 24.3 Å². The molecule has 3 rings (SSSR count). The Labute approximate surface area is 158 Å². The van der Waals surface area contributed by atoms with E-state index in [9.17, 15) is 4.79 Å². The van der Waals surface area contributed by atoms with Crippen molar-refractivity contribution in [1.82, 2.24) is 19.8 Å². The van der Waals surface area contributed by atoms with Crippen LogP contribution in [-0.4, -0.2) is 39.5 Å². The van der Waals surface area contributed by atoms with Crippen LogP contribution in [0.5, 0.6) is 5.75 Å². The van der Waals surface area contributed by atoms with Crippen LogP contribution >= 0.6 is 0 Å². The Hall–Kier alpha value is -2.96. The number of carbonyl (C=O) groups is 1. The largest absolute Gasteiger partial charge is 0.497 e. The van der Waals surface area contributed by atoms with Crippen LogP contribution in [0.25, 0.3) is 16.8 Å². The molecule has 0 aliphatic rings. The molecule has 0 fully saturated rings. The molecule has 0 bridgehead atoms. The number of hydrogen-bond acceptors (Lipinski definition) is 6. The summed E-state index contributed by atoms with van der Waals surface area (Å²) < 4.78 is 12.1. The van der Waals surface area contributed by atoms with Crippen molar-refractivity contribution in [2.24, 2.45) is 0 Å². The lowest BCUT2D eigenvalue weighted by molar-refractivity contribution is 0.0515. The summed E-state index contributed by atoms with van der Waals surface area (Å²) in [4.78, 5) is 12.3. The summed E-state index contributed by atoms with van der Waals surface area (Å²) in [6, 6.07) is 7.78. The average molecular weight is 368 g/mol. The molecule has 7 nitrogen and oxygen atoms in total. The molecule has 2 heterocycles. The first kappa shape index (κ1) is 18.8. The molecule has 0 amide bonds. The predicted molar refractivity (Wildman–Crippen MR) is 102 cm³/mol. The van der Waals surface area contributed by atoms with E-state index >= 15 is 0 Å². The highest BCUT2D eigenvalue weighted by molar-refractivity contribution is 5.89. The minimum atomic E-state index is -0.463. The number of fused-ring (bicyclic) bond motifs is 1. The minimum absolute atomic E-state index is 0.234. The number of methoxy groups -OCH3 is 1. The number of rotatable bonds is 7. The zero-order valence-corrected chi connectivity index (χ0v) is 16.2. The predicted octanol–water partition coefficient (Wildman–Crippen LogP) is 3.49. The Morgan fingerprint density at radius 3 is 2.44 bits per heavy atom. The molecule has 7 heteroatoms. The Morgan fingerprint density at radius 2 is 1.85 bits per heavy atom. The van der Waals surface area contributed by atoms with Crippen molar-refractivity contribution in [3.05, 3.63) is 41.3 Å². The van der Waals surface area contributed by atoms with E-state index in [-0.39, 0.29) is 5.69 Å². The van der Waals surface area contributed by atoms with Gasteiger partial charge in [0.15, 0.2) is 11.3 Å². The highest BCUT2D eigenvalue weighted by Gasteiger charge is 2.23. The number of ether oxygens (including phenoxy) is 2. The van der Waals surface area contributed by atoms with Gasteiger partial charge in [0.2, 0.25) is 0 Å². The Morgan fingerprint density at radius 1 is 1.11 bits per heavy atom. The van der Waals surface area contributed by atoms with Crippen LogP contribution in [0.3, 0.4) is 0 Å². The Bertz CT molecular complexity index is 948. The molecule has 0 radical (unpaired) electrons. The summed E-state index contributed by atoms with van der Waals surface area (Å²) in [6.07, 6.45) is 2.25. The van der Waals surface area contributed by atoms with E-state index in [0.29, 0.717) is 18.7 Å². The molecule has 3 aromatic rings. The van der Waals surface area contributed by atoms with E-state index < -0.39 is 5.97 Å². The maximum absolute atomic E-state index is 12.3. The first-order valence-corrected chi connectivity index (χ1v) is 9.23. The van der Waals surface area contributed by atoms with Crippen molar-refractivity contribution >= 4 is 11.6 Å². The zero-order valence-electron chi connectivity index (χ0n) is 16.2. The molecule has 0 aliphatic carbocycles. The molecule has 2 aromatic heterocycles. The van der Waals surface area contributed by atoms with Gasteiger partial charge in [0.1, 0.15) is 5.75 Å². The smallest absolute Gasteiger partial charge is 0.360 e. The third kappa shape index (κ3) is 3.49. The summed E-state index contributed by atoms with van der Waals surface area (Å²) in [7, 11) is 1.64. The van der Waals surface area contributed by atoms with Crippen molar-refractivity contribution in [2.75, 3.05) is 13.7 Å². The molecule has 142 valence electrons. The van der Waals surface area contributed by atoms with E-state index in [0.717, 1.165) is 41.1 Å². The Balaban J connectivity index is 2.23. The third-order valence-corrected chi connectivity index (χ3v) is 4.38. The molecular formula is C20H24N4O3. The van der Waals surface area contributed by atoms with Gasteiger partial charge in [-0.1, -0.05) is 32.4 Å². The average Bonchev–Trinajstić information content (AvgIpc) is 3.07. The highest BCUT2D eigenvalue weighted by Crippen LogP contribution is 2.30. The van der Waals surface area contributed by atoms with Crippen LogP contribution in [-0.2, 0) is 17.6 Å². The molecule has 0 saturated carbocycles. The summed E-state index contributed by atoms with van der Waals surface area (Å²) in [6.45, 7) is 6.17. The summed E-state index contributed by atoms with van der Waals surface area (Å²) in [5.74, 6) is 0.325. The highest BCUT2D eigenvalue weighted by atomic mass is 16.5. The van der Waals surface area contributed by atoms with Crippen molar-refractivity contribution in [2.45, 2.75) is 40.0 Å². The number of aromatic nitrogens is 4. The fourth-order valence-electron chi connectivity index (χ4n) is 3.11. The van der Waals surface area contributed by atoms with E-state index in [1.165, 1.54) is 0 Å². The lowest BCUT2D eigenvalue weighted by Crippen LogP contribution is -2.16. The van der Waals surface area contributed by atoms with Gasteiger partial charge in [0.05, 0.1) is 30.7 Å². The fourth-order valence-corrected chi connectivity index (χ4v) is 3.11. The molecule has 0 atom stereocenters. The second-order valence-corrected chi connectivity index (χ2v) is 6.10. The van der Waals surface area contributed by atoms with Gasteiger partial charge in [-0.2, -0.15) is 5.10 Å². The maximum atomic E-state index is 12.3. The van der Waals surface area contributed by atoms with Crippen LogP contribution < -0.4 is 4.74 Å². The van der Waals surface area contributed by atoms with Gasteiger partial charge in [-0.25, -0.2) is 9.31 Å². The van der Waals surface area contributed by atoms with E-state index in [2.05, 4.69) is 17.1 Å². The molecular weight excluding hydrogens is 344 g/mol. The van der Waals surface area contributed by atoms with Gasteiger partial charge < -0.3 is 9.47 Å². The minimum Gasteiger partial charge on any atom is -0.497 e.